The van der Waals surface area contributed by atoms with Crippen LogP contribution in [0.5, 0.6) is 0 Å². The molecule has 0 unspecified atom stereocenters. The fourth-order valence-corrected chi connectivity index (χ4v) is 4.81. The Labute approximate surface area is 167 Å². The number of nitrogens with zero attached hydrogens (tertiary/aromatic N) is 5. The second-order valence-electron chi connectivity index (χ2n) is 8.56. The second-order valence-corrected chi connectivity index (χ2v) is 8.56. The highest BCUT2D eigenvalue weighted by Crippen LogP contribution is 2.41. The molecule has 2 saturated heterocycles. The lowest BCUT2D eigenvalue weighted by atomic mass is 9.72. The topological polar surface area (TPSA) is 54.3 Å². The van der Waals surface area contributed by atoms with Crippen molar-refractivity contribution >= 4 is 11.6 Å². The molecule has 1 amide bonds. The van der Waals surface area contributed by atoms with Crippen LogP contribution in [0.15, 0.2) is 30.9 Å². The van der Waals surface area contributed by atoms with Gasteiger partial charge in [0.15, 0.2) is 0 Å². The number of likely N-dealkylation sites (tertiary alicyclic amines) is 1. The van der Waals surface area contributed by atoms with E-state index in [4.69, 9.17) is 0 Å². The number of carbonyl (C=O) groups is 1. The number of carbonyl (C=O) groups excluding carboxylic acids is 1. The lowest BCUT2D eigenvalue weighted by Crippen LogP contribution is -2.51. The molecule has 2 aromatic heterocycles. The van der Waals surface area contributed by atoms with Gasteiger partial charge in [0.25, 0.3) is 0 Å². The van der Waals surface area contributed by atoms with Crippen molar-refractivity contribution < 1.29 is 4.79 Å². The summed E-state index contributed by atoms with van der Waals surface area (Å²) in [5.74, 6) is 0.332. The molecule has 2 aromatic rings. The van der Waals surface area contributed by atoms with Crippen molar-refractivity contribution in [1.29, 1.82) is 0 Å². The van der Waals surface area contributed by atoms with Crippen LogP contribution >= 0.6 is 0 Å². The molecule has 0 aliphatic carbocycles. The number of pyridine rings is 1. The number of imidazole rings is 1. The fraction of sp³-hybridized carbons (Fsp3) is 0.591. The number of aromatic nitrogens is 3. The Balaban J connectivity index is 1.34. The number of rotatable bonds is 5. The first-order chi connectivity index (χ1) is 13.5. The van der Waals surface area contributed by atoms with E-state index >= 15 is 0 Å². The van der Waals surface area contributed by atoms with E-state index in [0.717, 1.165) is 57.0 Å². The summed E-state index contributed by atoms with van der Waals surface area (Å²) in [5.41, 5.74) is 3.77. The smallest absolute Gasteiger partial charge is 0.222 e. The molecule has 6 nitrogen and oxygen atoms in total. The van der Waals surface area contributed by atoms with Crippen LogP contribution in [0.4, 0.5) is 5.69 Å². The highest BCUT2D eigenvalue weighted by molar-refractivity contribution is 5.77. The molecule has 2 aliphatic rings. The maximum Gasteiger partial charge on any atom is 0.222 e. The summed E-state index contributed by atoms with van der Waals surface area (Å²) in [6.07, 6.45) is 10.7. The molecule has 6 heteroatoms. The normalized spacial score (nSPS) is 19.4. The number of aryl methyl sites for hydroxylation is 3. The van der Waals surface area contributed by atoms with Gasteiger partial charge in [0, 0.05) is 68.6 Å². The summed E-state index contributed by atoms with van der Waals surface area (Å²) in [5, 5.41) is 0. The van der Waals surface area contributed by atoms with Gasteiger partial charge in [-0.3, -0.25) is 9.78 Å². The van der Waals surface area contributed by atoms with Gasteiger partial charge in [-0.2, -0.15) is 0 Å². The van der Waals surface area contributed by atoms with Crippen LogP contribution in [-0.4, -0.2) is 51.5 Å². The van der Waals surface area contributed by atoms with Crippen LogP contribution in [0.2, 0.25) is 0 Å². The zero-order valence-electron chi connectivity index (χ0n) is 17.1. The van der Waals surface area contributed by atoms with Gasteiger partial charge in [-0.1, -0.05) is 0 Å². The van der Waals surface area contributed by atoms with Crippen LogP contribution in [0, 0.1) is 19.3 Å². The largest absolute Gasteiger partial charge is 0.371 e. The first-order valence-corrected chi connectivity index (χ1v) is 10.5. The van der Waals surface area contributed by atoms with Gasteiger partial charge >= 0.3 is 0 Å². The summed E-state index contributed by atoms with van der Waals surface area (Å²) in [4.78, 5) is 25.7. The van der Waals surface area contributed by atoms with Crippen LogP contribution in [0.25, 0.3) is 0 Å². The number of hydrogen-bond acceptors (Lipinski definition) is 4. The number of hydrogen-bond donors (Lipinski definition) is 0. The molecule has 4 heterocycles. The van der Waals surface area contributed by atoms with Gasteiger partial charge in [-0.15, -0.1) is 0 Å². The fourth-order valence-electron chi connectivity index (χ4n) is 4.81. The third-order valence-corrected chi connectivity index (χ3v) is 6.41. The van der Waals surface area contributed by atoms with Gasteiger partial charge in [0.2, 0.25) is 5.91 Å². The molecule has 28 heavy (non-hydrogen) atoms. The molecule has 1 spiro atoms. The standard InChI is InChI=1S/C22H31N5O/c1-18-14-20(15-19(2)24-18)26-11-6-22(7-12-26)5-4-21(28)27(16-22)10-3-9-25-13-8-23-17-25/h8,13-15,17H,3-7,9-12,16H2,1-2H3. The minimum atomic E-state index is 0.302. The van der Waals surface area contributed by atoms with Crippen molar-refractivity contribution in [3.63, 3.8) is 0 Å². The SMILES string of the molecule is Cc1cc(N2CCC3(CCC(=O)N(CCCn4ccnc4)C3)CC2)cc(C)n1. The second kappa shape index (κ2) is 7.94. The zero-order valence-corrected chi connectivity index (χ0v) is 17.1. The van der Waals surface area contributed by atoms with Crippen molar-refractivity contribution in [3.8, 4) is 0 Å². The van der Waals surface area contributed by atoms with E-state index in [1.54, 1.807) is 6.20 Å². The highest BCUT2D eigenvalue weighted by Gasteiger charge is 2.40. The first-order valence-electron chi connectivity index (χ1n) is 10.5. The molecule has 150 valence electrons. The van der Waals surface area contributed by atoms with E-state index in [2.05, 4.69) is 50.3 Å². The molecule has 2 aliphatic heterocycles. The molecule has 4 rings (SSSR count). The maximum absolute atomic E-state index is 12.5. The van der Waals surface area contributed by atoms with E-state index in [9.17, 15) is 4.79 Å². The van der Waals surface area contributed by atoms with Gasteiger partial charge < -0.3 is 14.4 Å². The lowest BCUT2D eigenvalue weighted by Gasteiger charge is -2.48. The monoisotopic (exact) mass is 381 g/mol. The Morgan fingerprint density at radius 1 is 1.07 bits per heavy atom. The molecule has 0 atom stereocenters. The van der Waals surface area contributed by atoms with Crippen LogP contribution in [-0.2, 0) is 11.3 Å². The van der Waals surface area contributed by atoms with Crippen LogP contribution in [0.1, 0.15) is 43.5 Å². The highest BCUT2D eigenvalue weighted by atomic mass is 16.2. The van der Waals surface area contributed by atoms with Crippen molar-refractivity contribution in [2.75, 3.05) is 31.1 Å². The van der Waals surface area contributed by atoms with E-state index in [-0.39, 0.29) is 0 Å². The summed E-state index contributed by atoms with van der Waals surface area (Å²) >= 11 is 0. The molecule has 0 saturated carbocycles. The van der Waals surface area contributed by atoms with Crippen molar-refractivity contribution in [1.82, 2.24) is 19.4 Å². The molecule has 0 bridgehead atoms. The van der Waals surface area contributed by atoms with Crippen LogP contribution < -0.4 is 4.90 Å². The lowest BCUT2D eigenvalue weighted by molar-refractivity contribution is -0.138. The number of amides is 1. The summed E-state index contributed by atoms with van der Waals surface area (Å²) in [6, 6.07) is 4.38. The van der Waals surface area contributed by atoms with Crippen LogP contribution in [0.3, 0.4) is 0 Å². The predicted molar refractivity (Wildman–Crippen MR) is 110 cm³/mol. The van der Waals surface area contributed by atoms with Gasteiger partial charge in [0.1, 0.15) is 0 Å². The third-order valence-electron chi connectivity index (χ3n) is 6.41. The summed E-state index contributed by atoms with van der Waals surface area (Å²) in [7, 11) is 0. The molecular formula is C22H31N5O. The Hall–Kier alpha value is -2.37. The van der Waals surface area contributed by atoms with E-state index in [1.165, 1.54) is 18.5 Å². The van der Waals surface area contributed by atoms with E-state index < -0.39 is 0 Å². The van der Waals surface area contributed by atoms with E-state index in [0.29, 0.717) is 17.7 Å². The van der Waals surface area contributed by atoms with Gasteiger partial charge in [-0.25, -0.2) is 4.98 Å². The third kappa shape index (κ3) is 4.21. The van der Waals surface area contributed by atoms with Crippen molar-refractivity contribution in [2.45, 2.75) is 52.5 Å². The predicted octanol–water partition coefficient (Wildman–Crippen LogP) is 3.19. The molecular weight excluding hydrogens is 350 g/mol. The Morgan fingerprint density at radius 2 is 1.82 bits per heavy atom. The van der Waals surface area contributed by atoms with Crippen molar-refractivity contribution in [3.05, 3.63) is 42.2 Å². The minimum absolute atomic E-state index is 0.302. The minimum Gasteiger partial charge on any atom is -0.371 e. The molecule has 2 fully saturated rings. The van der Waals surface area contributed by atoms with Gasteiger partial charge in [0.05, 0.1) is 6.33 Å². The average Bonchev–Trinajstić information content (AvgIpc) is 3.18. The van der Waals surface area contributed by atoms with Gasteiger partial charge in [-0.05, 0) is 57.1 Å². The summed E-state index contributed by atoms with van der Waals surface area (Å²) < 4.78 is 2.08. The Morgan fingerprint density at radius 3 is 2.50 bits per heavy atom. The average molecular weight is 382 g/mol. The quantitative estimate of drug-likeness (QED) is 0.798. The molecule has 0 N–H and O–H groups in total. The Kier molecular flexibility index (Phi) is 5.38. The van der Waals surface area contributed by atoms with Crippen molar-refractivity contribution in [2.24, 2.45) is 5.41 Å². The molecule has 0 aromatic carbocycles. The van der Waals surface area contributed by atoms with E-state index in [1.807, 2.05) is 12.5 Å². The first kappa shape index (κ1) is 19.0. The number of piperidine rings is 2. The maximum atomic E-state index is 12.5. The zero-order chi connectivity index (χ0) is 19.6. The summed E-state index contributed by atoms with van der Waals surface area (Å²) in [6.45, 7) is 8.97. The number of anilines is 1. The Bertz CT molecular complexity index is 788. The molecule has 0 radical (unpaired) electrons.